The van der Waals surface area contributed by atoms with Crippen LogP contribution in [0.25, 0.3) is 15.3 Å². The smallest absolute Gasteiger partial charge is 0.267 e. The Hall–Kier alpha value is -2.52. The molecule has 0 radical (unpaired) electrons. The molecule has 0 aliphatic rings. The zero-order valence-corrected chi connectivity index (χ0v) is 9.89. The van der Waals surface area contributed by atoms with Crippen molar-refractivity contribution in [3.8, 4) is 11.2 Å². The van der Waals surface area contributed by atoms with E-state index in [1.165, 1.54) is 28.4 Å². The van der Waals surface area contributed by atoms with Crippen LogP contribution in [0.1, 0.15) is 5.56 Å². The molecule has 0 unspecified atom stereocenters. The van der Waals surface area contributed by atoms with E-state index in [0.29, 0.717) is 5.13 Å². The second-order valence-electron chi connectivity index (χ2n) is 3.56. The van der Waals surface area contributed by atoms with Crippen molar-refractivity contribution in [2.75, 3.05) is 0 Å². The van der Waals surface area contributed by atoms with Gasteiger partial charge in [-0.25, -0.2) is 14.5 Å². The van der Waals surface area contributed by atoms with Crippen LogP contribution < -0.4 is 5.56 Å². The average molecular weight is 254 g/mol. The van der Waals surface area contributed by atoms with E-state index in [-0.39, 0.29) is 5.56 Å². The van der Waals surface area contributed by atoms with Crippen LogP contribution in [0.5, 0.6) is 0 Å². The van der Waals surface area contributed by atoms with Gasteiger partial charge in [0.15, 0.2) is 5.13 Å². The summed E-state index contributed by atoms with van der Waals surface area (Å²) < 4.78 is 2.28. The lowest BCUT2D eigenvalue weighted by Gasteiger charge is -1.98. The van der Waals surface area contributed by atoms with Crippen LogP contribution in [-0.2, 0) is 0 Å². The molecule has 0 aliphatic carbocycles. The Kier molecular flexibility index (Phi) is 2.39. The molecule has 3 aromatic rings. The van der Waals surface area contributed by atoms with Crippen molar-refractivity contribution in [3.05, 3.63) is 52.7 Å². The fourth-order valence-corrected chi connectivity index (χ4v) is 2.52. The number of fused-ring (bicyclic) bond motifs is 1. The maximum absolute atomic E-state index is 11.9. The summed E-state index contributed by atoms with van der Waals surface area (Å²) in [5.41, 5.74) is 0.440. The Morgan fingerprint density at radius 3 is 2.94 bits per heavy atom. The van der Waals surface area contributed by atoms with Gasteiger partial charge < -0.3 is 0 Å². The third-order valence-corrected chi connectivity index (χ3v) is 3.48. The van der Waals surface area contributed by atoms with E-state index < -0.39 is 5.56 Å². The summed E-state index contributed by atoms with van der Waals surface area (Å²) in [7, 11) is 0. The molecule has 0 bridgehead atoms. The molecule has 6 heteroatoms. The summed E-state index contributed by atoms with van der Waals surface area (Å²) in [6, 6.07) is 9.43. The lowest BCUT2D eigenvalue weighted by atomic mass is 10.3. The van der Waals surface area contributed by atoms with Crippen LogP contribution in [0, 0.1) is 11.3 Å². The molecule has 0 saturated heterocycles. The first-order valence-corrected chi connectivity index (χ1v) is 5.94. The van der Waals surface area contributed by atoms with Gasteiger partial charge in [-0.15, -0.1) is 0 Å². The van der Waals surface area contributed by atoms with Gasteiger partial charge in [-0.05, 0) is 12.1 Å². The third-order valence-electron chi connectivity index (χ3n) is 2.44. The summed E-state index contributed by atoms with van der Waals surface area (Å²) in [4.78, 5) is 20.2. The van der Waals surface area contributed by atoms with Crippen molar-refractivity contribution >= 4 is 21.6 Å². The molecule has 86 valence electrons. The zero-order valence-electron chi connectivity index (χ0n) is 9.07. The van der Waals surface area contributed by atoms with Gasteiger partial charge in [-0.3, -0.25) is 4.79 Å². The molecule has 3 rings (SSSR count). The first kappa shape index (κ1) is 10.6. The van der Waals surface area contributed by atoms with Crippen molar-refractivity contribution in [2.24, 2.45) is 0 Å². The zero-order chi connectivity index (χ0) is 12.5. The quantitative estimate of drug-likeness (QED) is 0.662. The summed E-state index contributed by atoms with van der Waals surface area (Å²) in [5, 5.41) is 9.33. The number of nitrogens with zero attached hydrogens (tertiary/aromatic N) is 4. The maximum Gasteiger partial charge on any atom is 0.277 e. The number of hydrogen-bond acceptors (Lipinski definition) is 5. The normalized spacial score (nSPS) is 10.4. The number of nitriles is 1. The number of benzene rings is 1. The SMILES string of the molecule is N#Cc1cncn(-c2nc3ccccc3s2)c1=O. The molecule has 0 amide bonds. The lowest BCUT2D eigenvalue weighted by molar-refractivity contribution is 0.919. The second-order valence-corrected chi connectivity index (χ2v) is 4.57. The highest BCUT2D eigenvalue weighted by atomic mass is 32.1. The van der Waals surface area contributed by atoms with Gasteiger partial charge in [0.2, 0.25) is 0 Å². The van der Waals surface area contributed by atoms with Crippen molar-refractivity contribution in [2.45, 2.75) is 0 Å². The largest absolute Gasteiger partial charge is 0.277 e. The highest BCUT2D eigenvalue weighted by molar-refractivity contribution is 7.20. The van der Waals surface area contributed by atoms with Crippen LogP contribution in [0.15, 0.2) is 41.6 Å². The summed E-state index contributed by atoms with van der Waals surface area (Å²) in [5.74, 6) is 0. The van der Waals surface area contributed by atoms with Gasteiger partial charge in [0.1, 0.15) is 18.0 Å². The van der Waals surface area contributed by atoms with Gasteiger partial charge in [0.25, 0.3) is 5.56 Å². The number of thiazole rings is 1. The minimum absolute atomic E-state index is 0.0109. The number of hydrogen-bond donors (Lipinski definition) is 0. The Labute approximate surface area is 106 Å². The fourth-order valence-electron chi connectivity index (χ4n) is 1.59. The predicted octanol–water partition coefficient (Wildman–Crippen LogP) is 1.71. The van der Waals surface area contributed by atoms with E-state index in [0.717, 1.165) is 10.2 Å². The van der Waals surface area contributed by atoms with E-state index in [1.807, 2.05) is 30.3 Å². The molecule has 2 aromatic heterocycles. The molecule has 0 aliphatic heterocycles. The van der Waals surface area contributed by atoms with Crippen LogP contribution in [0.4, 0.5) is 0 Å². The summed E-state index contributed by atoms with van der Waals surface area (Å²) in [6.07, 6.45) is 2.63. The Morgan fingerprint density at radius 1 is 1.33 bits per heavy atom. The fraction of sp³-hybridized carbons (Fsp3) is 0. The van der Waals surface area contributed by atoms with Gasteiger partial charge in [0, 0.05) is 0 Å². The lowest BCUT2D eigenvalue weighted by Crippen LogP contribution is -2.20. The number of para-hydroxylation sites is 1. The summed E-state index contributed by atoms with van der Waals surface area (Å²) in [6.45, 7) is 0. The average Bonchev–Trinajstić information content (AvgIpc) is 2.82. The van der Waals surface area contributed by atoms with E-state index >= 15 is 0 Å². The Morgan fingerprint density at radius 2 is 2.17 bits per heavy atom. The van der Waals surface area contributed by atoms with Gasteiger partial charge in [0.05, 0.1) is 16.4 Å². The standard InChI is InChI=1S/C12H6N4OS/c13-5-8-6-14-7-16(11(8)17)12-15-9-3-1-2-4-10(9)18-12/h1-4,6-7H. The molecule has 0 fully saturated rings. The molecule has 1 aromatic carbocycles. The number of rotatable bonds is 1. The number of aromatic nitrogens is 3. The third kappa shape index (κ3) is 1.58. The van der Waals surface area contributed by atoms with Crippen LogP contribution >= 0.6 is 11.3 Å². The van der Waals surface area contributed by atoms with Gasteiger partial charge in [-0.1, -0.05) is 23.5 Å². The van der Waals surface area contributed by atoms with Gasteiger partial charge in [-0.2, -0.15) is 5.26 Å². The molecular weight excluding hydrogens is 248 g/mol. The topological polar surface area (TPSA) is 71.6 Å². The molecule has 2 heterocycles. The molecule has 0 saturated carbocycles. The van der Waals surface area contributed by atoms with Crippen molar-refractivity contribution in [1.29, 1.82) is 5.26 Å². The van der Waals surface area contributed by atoms with Crippen LogP contribution in [0.3, 0.4) is 0 Å². The van der Waals surface area contributed by atoms with Crippen molar-refractivity contribution in [3.63, 3.8) is 0 Å². The molecular formula is C12H6N4OS. The Bertz CT molecular complexity index is 795. The first-order chi connectivity index (χ1) is 8.79. The maximum atomic E-state index is 11.9. The van der Waals surface area contributed by atoms with Crippen molar-refractivity contribution in [1.82, 2.24) is 14.5 Å². The Balaban J connectivity index is 2.27. The summed E-state index contributed by atoms with van der Waals surface area (Å²) >= 11 is 1.39. The molecule has 18 heavy (non-hydrogen) atoms. The predicted molar refractivity (Wildman–Crippen MR) is 67.7 cm³/mol. The van der Waals surface area contributed by atoms with Crippen molar-refractivity contribution < 1.29 is 0 Å². The monoisotopic (exact) mass is 254 g/mol. The highest BCUT2D eigenvalue weighted by Gasteiger charge is 2.09. The minimum atomic E-state index is -0.397. The molecule has 0 atom stereocenters. The first-order valence-electron chi connectivity index (χ1n) is 5.12. The minimum Gasteiger partial charge on any atom is -0.267 e. The van der Waals surface area contributed by atoms with E-state index in [4.69, 9.17) is 5.26 Å². The molecule has 5 nitrogen and oxygen atoms in total. The molecule has 0 spiro atoms. The molecule has 0 N–H and O–H groups in total. The van der Waals surface area contributed by atoms with Crippen LogP contribution in [-0.4, -0.2) is 14.5 Å². The van der Waals surface area contributed by atoms with Gasteiger partial charge >= 0.3 is 0 Å². The van der Waals surface area contributed by atoms with E-state index in [1.54, 1.807) is 0 Å². The van der Waals surface area contributed by atoms with E-state index in [9.17, 15) is 4.79 Å². The van der Waals surface area contributed by atoms with Crippen LogP contribution in [0.2, 0.25) is 0 Å². The highest BCUT2D eigenvalue weighted by Crippen LogP contribution is 2.23. The second kappa shape index (κ2) is 4.05. The van der Waals surface area contributed by atoms with E-state index in [2.05, 4.69) is 9.97 Å².